The van der Waals surface area contributed by atoms with Gasteiger partial charge in [-0.2, -0.15) is 4.31 Å². The average molecular weight is 478 g/mol. The van der Waals surface area contributed by atoms with Gasteiger partial charge in [-0.3, -0.25) is 4.79 Å². The zero-order chi connectivity index (χ0) is 22.7. The first kappa shape index (κ1) is 22.9. The van der Waals surface area contributed by atoms with Crippen LogP contribution in [0.3, 0.4) is 0 Å². The van der Waals surface area contributed by atoms with Crippen LogP contribution in [0.5, 0.6) is 0 Å². The molecule has 2 aromatic rings. The summed E-state index contributed by atoms with van der Waals surface area (Å²) in [6.45, 7) is 5.12. The molecule has 4 rings (SSSR count). The largest absolute Gasteiger partial charge is 0.356 e. The van der Waals surface area contributed by atoms with E-state index >= 15 is 0 Å². The number of rotatable bonds is 4. The van der Waals surface area contributed by atoms with Crippen LogP contribution >= 0.6 is 11.6 Å². The van der Waals surface area contributed by atoms with Crippen molar-refractivity contribution >= 4 is 33.3 Å². The summed E-state index contributed by atoms with van der Waals surface area (Å²) < 4.78 is 27.5. The van der Waals surface area contributed by atoms with Crippen molar-refractivity contribution in [2.75, 3.05) is 44.2 Å². The van der Waals surface area contributed by atoms with Crippen molar-refractivity contribution < 1.29 is 13.2 Å². The second-order valence-electron chi connectivity index (χ2n) is 8.26. The molecule has 0 radical (unpaired) electrons. The van der Waals surface area contributed by atoms with Crippen LogP contribution in [-0.4, -0.2) is 72.8 Å². The van der Waals surface area contributed by atoms with Gasteiger partial charge >= 0.3 is 0 Å². The summed E-state index contributed by atoms with van der Waals surface area (Å²) in [4.78, 5) is 26.1. The van der Waals surface area contributed by atoms with Gasteiger partial charge in [0.2, 0.25) is 15.9 Å². The number of carbonyl (C=O) groups is 1. The number of aryl methyl sites for hydroxylation is 1. The third-order valence-electron chi connectivity index (χ3n) is 6.15. The minimum absolute atomic E-state index is 0.0337. The summed E-state index contributed by atoms with van der Waals surface area (Å²) in [6.07, 6.45) is 3.92. The van der Waals surface area contributed by atoms with E-state index in [1.54, 1.807) is 18.3 Å². The summed E-state index contributed by atoms with van der Waals surface area (Å²) in [5.41, 5.74) is 0. The number of aromatic nitrogens is 2. The molecule has 0 N–H and O–H groups in total. The number of hydrogen-bond donors (Lipinski definition) is 0. The molecule has 32 heavy (non-hydrogen) atoms. The average Bonchev–Trinajstić information content (AvgIpc) is 3.06. The Hall–Kier alpha value is -2.23. The normalized spacial score (nSPS) is 19.1. The lowest BCUT2D eigenvalue weighted by molar-refractivity contribution is -0.136. The predicted octanol–water partition coefficient (Wildman–Crippen LogP) is 2.58. The quantitative estimate of drug-likeness (QED) is 0.672. The Labute approximate surface area is 194 Å². The number of halogens is 1. The summed E-state index contributed by atoms with van der Waals surface area (Å²) in [5.74, 6) is 1.74. The first-order valence-electron chi connectivity index (χ1n) is 10.9. The molecular formula is C22H28ClN5O3S. The molecule has 1 aromatic carbocycles. The highest BCUT2D eigenvalue weighted by Gasteiger charge is 2.32. The first-order valence-corrected chi connectivity index (χ1v) is 12.8. The molecule has 2 aliphatic rings. The van der Waals surface area contributed by atoms with E-state index < -0.39 is 10.0 Å². The summed E-state index contributed by atoms with van der Waals surface area (Å²) in [7, 11) is -3.60. The maximum absolute atomic E-state index is 13.2. The fourth-order valence-corrected chi connectivity index (χ4v) is 5.94. The molecule has 1 aromatic heterocycles. The van der Waals surface area contributed by atoms with Crippen LogP contribution in [0.2, 0.25) is 5.02 Å². The number of benzene rings is 1. The molecular weight excluding hydrogens is 450 g/mol. The third-order valence-corrected chi connectivity index (χ3v) is 8.31. The Bertz CT molecular complexity index is 1060. The van der Waals surface area contributed by atoms with Crippen LogP contribution in [0, 0.1) is 12.8 Å². The number of amides is 1. The van der Waals surface area contributed by atoms with Gasteiger partial charge in [-0.15, -0.1) is 0 Å². The van der Waals surface area contributed by atoms with Gasteiger partial charge in [0.15, 0.2) is 0 Å². The molecule has 0 bridgehead atoms. The fraction of sp³-hybridized carbons (Fsp3) is 0.500. The highest BCUT2D eigenvalue weighted by atomic mass is 35.5. The fourth-order valence-electron chi connectivity index (χ4n) is 4.34. The van der Waals surface area contributed by atoms with Gasteiger partial charge in [0.05, 0.1) is 4.90 Å². The van der Waals surface area contributed by atoms with Crippen molar-refractivity contribution in [1.29, 1.82) is 0 Å². The topological polar surface area (TPSA) is 86.7 Å². The molecule has 0 unspecified atom stereocenters. The standard InChI is InChI=1S/C22H28ClN5O3S/c1-17-24-10-7-21(25-17)26-13-8-18(9-14-26)22(29)27-11-2-12-28(16-15-27)32(30,31)20-5-3-19(23)4-6-20/h3-7,10,18H,2,8-9,11-16H2,1H3. The van der Waals surface area contributed by atoms with Gasteiger partial charge in [-0.25, -0.2) is 18.4 Å². The van der Waals surface area contributed by atoms with E-state index in [4.69, 9.17) is 11.6 Å². The number of nitrogens with zero attached hydrogens (tertiary/aromatic N) is 5. The maximum Gasteiger partial charge on any atom is 0.243 e. The number of anilines is 1. The van der Waals surface area contributed by atoms with Crippen LogP contribution in [-0.2, 0) is 14.8 Å². The third kappa shape index (κ3) is 5.05. The van der Waals surface area contributed by atoms with Gasteiger partial charge < -0.3 is 9.80 Å². The number of carbonyl (C=O) groups excluding carboxylic acids is 1. The lowest BCUT2D eigenvalue weighted by Gasteiger charge is -2.34. The smallest absolute Gasteiger partial charge is 0.243 e. The zero-order valence-electron chi connectivity index (χ0n) is 18.2. The van der Waals surface area contributed by atoms with Crippen LogP contribution in [0.1, 0.15) is 25.1 Å². The number of hydrogen-bond acceptors (Lipinski definition) is 6. The van der Waals surface area contributed by atoms with Gasteiger partial charge in [0, 0.05) is 56.4 Å². The van der Waals surface area contributed by atoms with E-state index in [9.17, 15) is 13.2 Å². The Kier molecular flexibility index (Phi) is 6.97. The highest BCUT2D eigenvalue weighted by molar-refractivity contribution is 7.89. The van der Waals surface area contributed by atoms with Crippen molar-refractivity contribution in [3.63, 3.8) is 0 Å². The van der Waals surface area contributed by atoms with Crippen molar-refractivity contribution in [2.45, 2.75) is 31.1 Å². The highest BCUT2D eigenvalue weighted by Crippen LogP contribution is 2.25. The zero-order valence-corrected chi connectivity index (χ0v) is 19.7. The van der Waals surface area contributed by atoms with Crippen molar-refractivity contribution in [3.8, 4) is 0 Å². The lowest BCUT2D eigenvalue weighted by atomic mass is 9.95. The molecule has 0 atom stereocenters. The molecule has 10 heteroatoms. The van der Waals surface area contributed by atoms with Crippen molar-refractivity contribution in [2.24, 2.45) is 5.92 Å². The molecule has 0 saturated carbocycles. The van der Waals surface area contributed by atoms with Crippen molar-refractivity contribution in [3.05, 3.63) is 47.4 Å². The second-order valence-corrected chi connectivity index (χ2v) is 10.6. The Balaban J connectivity index is 1.34. The molecule has 3 heterocycles. The van der Waals surface area contributed by atoms with Crippen LogP contribution in [0.4, 0.5) is 5.82 Å². The molecule has 1 amide bonds. The van der Waals surface area contributed by atoms with Crippen LogP contribution in [0.15, 0.2) is 41.4 Å². The summed E-state index contributed by atoms with van der Waals surface area (Å²) >= 11 is 5.89. The van der Waals surface area contributed by atoms with Crippen molar-refractivity contribution in [1.82, 2.24) is 19.2 Å². The minimum atomic E-state index is -3.60. The van der Waals surface area contributed by atoms with E-state index in [1.165, 1.54) is 16.4 Å². The van der Waals surface area contributed by atoms with Gasteiger partial charge in [-0.1, -0.05) is 11.6 Å². The van der Waals surface area contributed by atoms with E-state index in [2.05, 4.69) is 14.9 Å². The van der Waals surface area contributed by atoms with E-state index in [1.807, 2.05) is 17.9 Å². The predicted molar refractivity (Wildman–Crippen MR) is 123 cm³/mol. The summed E-state index contributed by atoms with van der Waals surface area (Å²) in [6, 6.07) is 8.12. The maximum atomic E-state index is 13.2. The number of piperidine rings is 1. The Morgan fingerprint density at radius 2 is 1.72 bits per heavy atom. The monoisotopic (exact) mass is 477 g/mol. The Morgan fingerprint density at radius 3 is 2.41 bits per heavy atom. The second kappa shape index (κ2) is 9.72. The van der Waals surface area contributed by atoms with Crippen LogP contribution in [0.25, 0.3) is 0 Å². The minimum Gasteiger partial charge on any atom is -0.356 e. The lowest BCUT2D eigenvalue weighted by Crippen LogP contribution is -2.44. The van der Waals surface area contributed by atoms with E-state index in [0.29, 0.717) is 37.6 Å². The molecule has 2 fully saturated rings. The Morgan fingerprint density at radius 1 is 1.00 bits per heavy atom. The summed E-state index contributed by atoms with van der Waals surface area (Å²) in [5, 5.41) is 0.498. The molecule has 172 valence electrons. The van der Waals surface area contributed by atoms with E-state index in [-0.39, 0.29) is 16.7 Å². The van der Waals surface area contributed by atoms with Gasteiger partial charge in [0.1, 0.15) is 11.6 Å². The molecule has 2 saturated heterocycles. The molecule has 8 nitrogen and oxygen atoms in total. The molecule has 2 aliphatic heterocycles. The first-order chi connectivity index (χ1) is 15.3. The van der Waals surface area contributed by atoms with Gasteiger partial charge in [-0.05, 0) is 56.5 Å². The molecule has 0 spiro atoms. The number of sulfonamides is 1. The SMILES string of the molecule is Cc1nccc(N2CCC(C(=O)N3CCCN(S(=O)(=O)c4ccc(Cl)cc4)CC3)CC2)n1. The van der Waals surface area contributed by atoms with Gasteiger partial charge in [0.25, 0.3) is 0 Å². The van der Waals surface area contributed by atoms with Crippen LogP contribution < -0.4 is 4.90 Å². The molecule has 0 aliphatic carbocycles. The van der Waals surface area contributed by atoms with E-state index in [0.717, 1.165) is 37.6 Å².